The number of benzene rings is 2. The van der Waals surface area contributed by atoms with Crippen molar-refractivity contribution in [1.82, 2.24) is 15.1 Å². The molecule has 0 radical (unpaired) electrons. The molecule has 2 aromatic carbocycles. The summed E-state index contributed by atoms with van der Waals surface area (Å²) < 4.78 is 13.1. The molecule has 1 N–H and O–H groups in total. The molecule has 0 aliphatic carbocycles. The summed E-state index contributed by atoms with van der Waals surface area (Å²) in [6.45, 7) is 2.90. The van der Waals surface area contributed by atoms with Gasteiger partial charge in [0, 0.05) is 50.2 Å². The molecule has 3 aromatic rings. The van der Waals surface area contributed by atoms with E-state index in [1.165, 1.54) is 12.1 Å². The first-order valence-electron chi connectivity index (χ1n) is 10.1. The van der Waals surface area contributed by atoms with Gasteiger partial charge in [-0.15, -0.1) is 0 Å². The Labute approximate surface area is 173 Å². The van der Waals surface area contributed by atoms with Gasteiger partial charge in [0.2, 0.25) is 11.8 Å². The molecule has 2 fully saturated rings. The maximum absolute atomic E-state index is 13.1. The van der Waals surface area contributed by atoms with E-state index in [9.17, 15) is 14.0 Å². The maximum Gasteiger partial charge on any atom is 0.229 e. The number of nitrogens with zero attached hydrogens (tertiary/aromatic N) is 4. The maximum atomic E-state index is 13.1. The van der Waals surface area contributed by atoms with Crippen molar-refractivity contribution < 1.29 is 14.0 Å². The number of H-pyrrole nitrogens is 1. The second-order valence-electron chi connectivity index (χ2n) is 7.79. The summed E-state index contributed by atoms with van der Waals surface area (Å²) in [5.74, 6) is -0.0786. The fourth-order valence-electron chi connectivity index (χ4n) is 4.33. The number of rotatable bonds is 3. The summed E-state index contributed by atoms with van der Waals surface area (Å²) in [6.07, 6.45) is 0.207. The molecular formula is C22H22FN5O2. The normalized spacial score (nSPS) is 19.7. The number of amides is 2. The van der Waals surface area contributed by atoms with Crippen LogP contribution in [0.2, 0.25) is 0 Å². The van der Waals surface area contributed by atoms with Gasteiger partial charge in [-0.25, -0.2) is 4.39 Å². The van der Waals surface area contributed by atoms with Crippen LogP contribution in [0.25, 0.3) is 10.9 Å². The minimum Gasteiger partial charge on any atom is -0.368 e. The van der Waals surface area contributed by atoms with E-state index in [0.29, 0.717) is 38.5 Å². The lowest BCUT2D eigenvalue weighted by Gasteiger charge is -2.37. The number of anilines is 2. The van der Waals surface area contributed by atoms with Crippen LogP contribution in [-0.4, -0.2) is 59.6 Å². The predicted octanol–water partition coefficient (Wildman–Crippen LogP) is 2.40. The zero-order valence-electron chi connectivity index (χ0n) is 16.4. The fourth-order valence-corrected chi connectivity index (χ4v) is 4.33. The standard InChI is InChI=1S/C22H22FN5O2/c23-16-5-7-17(8-6-16)26-9-11-27(12-10-26)22(30)15-13-20(29)28(14-15)21-18-3-1-2-4-19(18)24-25-21/h1-8,15H,9-14H2,(H,24,25)/t15-/m1/s1. The van der Waals surface area contributed by atoms with E-state index in [2.05, 4.69) is 15.1 Å². The van der Waals surface area contributed by atoms with Crippen molar-refractivity contribution in [3.05, 3.63) is 54.3 Å². The van der Waals surface area contributed by atoms with Gasteiger partial charge in [-0.3, -0.25) is 19.6 Å². The molecule has 8 heteroatoms. The smallest absolute Gasteiger partial charge is 0.229 e. The summed E-state index contributed by atoms with van der Waals surface area (Å²) in [5.41, 5.74) is 1.82. The number of halogens is 1. The zero-order valence-corrected chi connectivity index (χ0v) is 16.4. The third-order valence-corrected chi connectivity index (χ3v) is 5.96. The topological polar surface area (TPSA) is 72.5 Å². The molecule has 154 valence electrons. The Morgan fingerprint density at radius 3 is 2.53 bits per heavy atom. The third-order valence-electron chi connectivity index (χ3n) is 5.96. The molecule has 30 heavy (non-hydrogen) atoms. The van der Waals surface area contributed by atoms with Gasteiger partial charge >= 0.3 is 0 Å². The molecule has 3 heterocycles. The Hall–Kier alpha value is -3.42. The van der Waals surface area contributed by atoms with Gasteiger partial charge in [-0.05, 0) is 36.4 Å². The number of aromatic nitrogens is 2. The molecule has 7 nitrogen and oxygen atoms in total. The first-order valence-corrected chi connectivity index (χ1v) is 10.1. The molecule has 2 aliphatic rings. The van der Waals surface area contributed by atoms with Crippen LogP contribution in [0.4, 0.5) is 15.9 Å². The van der Waals surface area contributed by atoms with Crippen LogP contribution in [0.3, 0.4) is 0 Å². The number of hydrogen-bond donors (Lipinski definition) is 1. The van der Waals surface area contributed by atoms with E-state index < -0.39 is 0 Å². The van der Waals surface area contributed by atoms with Crippen LogP contribution in [0, 0.1) is 11.7 Å². The van der Waals surface area contributed by atoms with Gasteiger partial charge in [-0.1, -0.05) is 12.1 Å². The number of fused-ring (bicyclic) bond motifs is 1. The first kappa shape index (κ1) is 18.6. The SMILES string of the molecule is O=C([C@@H]1CC(=O)N(c2n[nH]c3ccccc23)C1)N1CCN(c2ccc(F)cc2)CC1. The Bertz CT molecular complexity index is 1090. The zero-order chi connectivity index (χ0) is 20.7. The Kier molecular flexibility index (Phi) is 4.61. The molecule has 0 spiro atoms. The Morgan fingerprint density at radius 2 is 1.77 bits per heavy atom. The van der Waals surface area contributed by atoms with Crippen molar-refractivity contribution >= 4 is 34.2 Å². The molecule has 5 rings (SSSR count). The first-order chi connectivity index (χ1) is 14.6. The summed E-state index contributed by atoms with van der Waals surface area (Å²) in [4.78, 5) is 31.3. The van der Waals surface area contributed by atoms with Crippen molar-refractivity contribution in [1.29, 1.82) is 0 Å². The van der Waals surface area contributed by atoms with Crippen LogP contribution in [0.1, 0.15) is 6.42 Å². The van der Waals surface area contributed by atoms with Crippen molar-refractivity contribution in [3.8, 4) is 0 Å². The van der Waals surface area contributed by atoms with Crippen molar-refractivity contribution in [2.24, 2.45) is 5.92 Å². The number of nitrogens with one attached hydrogen (secondary N) is 1. The molecule has 2 aliphatic heterocycles. The average Bonchev–Trinajstić information content (AvgIpc) is 3.37. The van der Waals surface area contributed by atoms with Crippen LogP contribution in [0.15, 0.2) is 48.5 Å². The van der Waals surface area contributed by atoms with E-state index in [0.717, 1.165) is 16.6 Å². The lowest BCUT2D eigenvalue weighted by Crippen LogP contribution is -2.50. The molecule has 0 saturated carbocycles. The molecule has 2 saturated heterocycles. The number of carbonyl (C=O) groups is 2. The molecule has 1 aromatic heterocycles. The van der Waals surface area contributed by atoms with E-state index in [1.54, 1.807) is 17.0 Å². The highest BCUT2D eigenvalue weighted by Crippen LogP contribution is 2.30. The van der Waals surface area contributed by atoms with Crippen molar-refractivity contribution in [2.75, 3.05) is 42.5 Å². The monoisotopic (exact) mass is 407 g/mol. The van der Waals surface area contributed by atoms with Gasteiger partial charge in [0.1, 0.15) is 5.82 Å². The highest BCUT2D eigenvalue weighted by Gasteiger charge is 2.39. The van der Waals surface area contributed by atoms with Gasteiger partial charge in [0.15, 0.2) is 5.82 Å². The summed E-state index contributed by atoms with van der Waals surface area (Å²) >= 11 is 0. The van der Waals surface area contributed by atoms with Crippen LogP contribution in [-0.2, 0) is 9.59 Å². The minimum atomic E-state index is -0.356. The summed E-state index contributed by atoms with van der Waals surface area (Å²) in [5, 5.41) is 8.14. The second kappa shape index (κ2) is 7.44. The Morgan fingerprint density at radius 1 is 1.03 bits per heavy atom. The van der Waals surface area contributed by atoms with E-state index >= 15 is 0 Å². The van der Waals surface area contributed by atoms with E-state index in [4.69, 9.17) is 0 Å². The average molecular weight is 407 g/mol. The number of para-hydroxylation sites is 1. The molecule has 1 atom stereocenters. The summed E-state index contributed by atoms with van der Waals surface area (Å²) in [7, 11) is 0. The molecule has 0 unspecified atom stereocenters. The number of carbonyl (C=O) groups excluding carboxylic acids is 2. The largest absolute Gasteiger partial charge is 0.368 e. The lowest BCUT2D eigenvalue weighted by molar-refractivity contribution is -0.136. The third kappa shape index (κ3) is 3.28. The lowest BCUT2D eigenvalue weighted by atomic mass is 10.1. The molecule has 0 bridgehead atoms. The quantitative estimate of drug-likeness (QED) is 0.724. The van der Waals surface area contributed by atoms with Gasteiger partial charge in [0.25, 0.3) is 0 Å². The van der Waals surface area contributed by atoms with E-state index in [1.807, 2.05) is 29.2 Å². The number of hydrogen-bond acceptors (Lipinski definition) is 4. The molecular weight excluding hydrogens is 385 g/mol. The van der Waals surface area contributed by atoms with Crippen LogP contribution < -0.4 is 9.80 Å². The number of aromatic amines is 1. The number of piperazine rings is 1. The van der Waals surface area contributed by atoms with Crippen molar-refractivity contribution in [3.63, 3.8) is 0 Å². The Balaban J connectivity index is 1.24. The van der Waals surface area contributed by atoms with Gasteiger partial charge in [-0.2, -0.15) is 5.10 Å². The molecule has 2 amide bonds. The van der Waals surface area contributed by atoms with Gasteiger partial charge in [0.05, 0.1) is 11.4 Å². The minimum absolute atomic E-state index is 0.0180. The van der Waals surface area contributed by atoms with Crippen LogP contribution >= 0.6 is 0 Å². The summed E-state index contributed by atoms with van der Waals surface area (Å²) in [6, 6.07) is 14.1. The predicted molar refractivity (Wildman–Crippen MR) is 112 cm³/mol. The van der Waals surface area contributed by atoms with Gasteiger partial charge < -0.3 is 9.80 Å². The fraction of sp³-hybridized carbons (Fsp3) is 0.318. The highest BCUT2D eigenvalue weighted by atomic mass is 19.1. The van der Waals surface area contributed by atoms with Crippen LogP contribution in [0.5, 0.6) is 0 Å². The van der Waals surface area contributed by atoms with Crippen molar-refractivity contribution in [2.45, 2.75) is 6.42 Å². The van der Waals surface area contributed by atoms with E-state index in [-0.39, 0.29) is 30.0 Å². The highest BCUT2D eigenvalue weighted by molar-refractivity contribution is 6.05. The second-order valence-corrected chi connectivity index (χ2v) is 7.79.